The number of amides is 1. The van der Waals surface area contributed by atoms with Crippen LogP contribution >= 0.6 is 0 Å². The smallest absolute Gasteiger partial charge is 0.377 e. The van der Waals surface area contributed by atoms with Crippen molar-refractivity contribution < 1.29 is 23.8 Å². The molecule has 0 aromatic carbocycles. The second kappa shape index (κ2) is 7.51. The van der Waals surface area contributed by atoms with Crippen LogP contribution in [0.4, 0.5) is 0 Å². The Bertz CT molecular complexity index is 448. The van der Waals surface area contributed by atoms with Crippen LogP contribution in [-0.2, 0) is 23.8 Å². The van der Waals surface area contributed by atoms with Crippen LogP contribution in [0.25, 0.3) is 0 Å². The van der Waals surface area contributed by atoms with Crippen LogP contribution in [0.5, 0.6) is 0 Å². The number of hydrogen-bond acceptors (Lipinski definition) is 5. The minimum absolute atomic E-state index is 0.00515. The molecule has 6 nitrogen and oxygen atoms in total. The average molecular weight is 311 g/mol. The van der Waals surface area contributed by atoms with Crippen molar-refractivity contribution in [3.05, 3.63) is 12.0 Å². The molecule has 124 valence electrons. The molecule has 6 heteroatoms. The summed E-state index contributed by atoms with van der Waals surface area (Å²) in [6.45, 7) is 6.64. The molecule has 1 heterocycles. The van der Waals surface area contributed by atoms with Crippen molar-refractivity contribution in [2.75, 3.05) is 13.2 Å². The third-order valence-electron chi connectivity index (χ3n) is 4.54. The molecule has 22 heavy (non-hydrogen) atoms. The van der Waals surface area contributed by atoms with Gasteiger partial charge in [-0.15, -0.1) is 0 Å². The molecule has 1 aliphatic heterocycles. The van der Waals surface area contributed by atoms with E-state index < -0.39 is 12.1 Å². The number of carbonyl (C=O) groups excluding carboxylic acids is 2. The van der Waals surface area contributed by atoms with E-state index in [1.807, 2.05) is 0 Å². The summed E-state index contributed by atoms with van der Waals surface area (Å²) in [4.78, 5) is 24.0. The predicted octanol–water partition coefficient (Wildman–Crippen LogP) is 1.75. The Morgan fingerprint density at radius 1 is 1.32 bits per heavy atom. The lowest BCUT2D eigenvalue weighted by Gasteiger charge is -2.35. The fourth-order valence-corrected chi connectivity index (χ4v) is 2.83. The third kappa shape index (κ3) is 4.15. The first kappa shape index (κ1) is 16.6. The highest BCUT2D eigenvalue weighted by molar-refractivity contribution is 5.89. The highest BCUT2D eigenvalue weighted by Crippen LogP contribution is 2.29. The maximum atomic E-state index is 12.2. The molecule has 0 spiro atoms. The zero-order chi connectivity index (χ0) is 16.1. The Hall–Kier alpha value is -1.72. The van der Waals surface area contributed by atoms with Crippen molar-refractivity contribution in [3.8, 4) is 0 Å². The monoisotopic (exact) mass is 311 g/mol. The second-order valence-electron chi connectivity index (χ2n) is 6.13. The Labute approximate surface area is 131 Å². The van der Waals surface area contributed by atoms with Gasteiger partial charge in [-0.1, -0.05) is 26.7 Å². The number of carbonyl (C=O) groups is 2. The summed E-state index contributed by atoms with van der Waals surface area (Å²) in [5.41, 5.74) is 0. The highest BCUT2D eigenvalue weighted by atomic mass is 16.6. The van der Waals surface area contributed by atoms with Gasteiger partial charge >= 0.3 is 5.97 Å². The Balaban J connectivity index is 1.84. The molecule has 0 unspecified atom stereocenters. The maximum absolute atomic E-state index is 12.2. The van der Waals surface area contributed by atoms with Crippen molar-refractivity contribution in [2.24, 2.45) is 11.8 Å². The normalized spacial score (nSPS) is 29.4. The number of esters is 1. The van der Waals surface area contributed by atoms with Crippen LogP contribution in [0.2, 0.25) is 0 Å². The van der Waals surface area contributed by atoms with Crippen molar-refractivity contribution >= 4 is 11.9 Å². The van der Waals surface area contributed by atoms with Crippen LogP contribution in [0.15, 0.2) is 12.0 Å². The first-order chi connectivity index (χ1) is 10.5. The van der Waals surface area contributed by atoms with Gasteiger partial charge < -0.3 is 19.5 Å². The van der Waals surface area contributed by atoms with Gasteiger partial charge in [-0.05, 0) is 25.2 Å². The van der Waals surface area contributed by atoms with Gasteiger partial charge in [0.25, 0.3) is 5.91 Å². The van der Waals surface area contributed by atoms with Gasteiger partial charge in [0.1, 0.15) is 19.5 Å². The van der Waals surface area contributed by atoms with E-state index in [1.165, 1.54) is 12.7 Å². The summed E-state index contributed by atoms with van der Waals surface area (Å²) in [6.07, 6.45) is 3.65. The molecule has 0 aromatic rings. The molecule has 2 aliphatic rings. The van der Waals surface area contributed by atoms with E-state index in [4.69, 9.17) is 14.2 Å². The molecule has 1 aliphatic carbocycles. The summed E-state index contributed by atoms with van der Waals surface area (Å²) < 4.78 is 15.3. The zero-order valence-corrected chi connectivity index (χ0v) is 13.5. The molecule has 1 amide bonds. The van der Waals surface area contributed by atoms with E-state index in [0.717, 1.165) is 12.8 Å². The first-order valence-corrected chi connectivity index (χ1v) is 7.95. The minimum Gasteiger partial charge on any atom is -0.493 e. The van der Waals surface area contributed by atoms with Crippen LogP contribution < -0.4 is 5.32 Å². The Kier molecular flexibility index (Phi) is 5.69. The second-order valence-corrected chi connectivity index (χ2v) is 6.13. The van der Waals surface area contributed by atoms with Crippen molar-refractivity contribution in [3.63, 3.8) is 0 Å². The highest BCUT2D eigenvalue weighted by Gasteiger charge is 2.30. The fourth-order valence-electron chi connectivity index (χ4n) is 2.83. The van der Waals surface area contributed by atoms with Gasteiger partial charge in [-0.3, -0.25) is 4.79 Å². The van der Waals surface area contributed by atoms with Crippen LogP contribution in [0, 0.1) is 11.8 Å². The topological polar surface area (TPSA) is 73.9 Å². The van der Waals surface area contributed by atoms with Crippen molar-refractivity contribution in [2.45, 2.75) is 52.2 Å². The zero-order valence-electron chi connectivity index (χ0n) is 13.5. The lowest BCUT2D eigenvalue weighted by atomic mass is 9.78. The molecule has 4 atom stereocenters. The number of hydrogen-bond donors (Lipinski definition) is 1. The lowest BCUT2D eigenvalue weighted by molar-refractivity contribution is -0.155. The van der Waals surface area contributed by atoms with E-state index in [1.54, 1.807) is 6.92 Å². The molecular weight excluding hydrogens is 286 g/mol. The van der Waals surface area contributed by atoms with Crippen LogP contribution in [-0.4, -0.2) is 37.2 Å². The van der Waals surface area contributed by atoms with Gasteiger partial charge in [0.05, 0.1) is 0 Å². The van der Waals surface area contributed by atoms with E-state index in [-0.39, 0.29) is 17.7 Å². The molecule has 2 rings (SSSR count). The molecule has 0 radical (unpaired) electrons. The molecule has 1 saturated carbocycles. The summed E-state index contributed by atoms with van der Waals surface area (Å²) in [5, 5.41) is 3.00. The van der Waals surface area contributed by atoms with E-state index in [9.17, 15) is 9.59 Å². The molecule has 1 fully saturated rings. The Morgan fingerprint density at radius 3 is 2.77 bits per heavy atom. The van der Waals surface area contributed by atoms with Crippen molar-refractivity contribution in [1.29, 1.82) is 0 Å². The van der Waals surface area contributed by atoms with Crippen LogP contribution in [0.1, 0.15) is 40.0 Å². The summed E-state index contributed by atoms with van der Waals surface area (Å²) in [5.74, 6) is 0.0860. The Morgan fingerprint density at radius 2 is 2.09 bits per heavy atom. The van der Waals surface area contributed by atoms with Gasteiger partial charge in [0, 0.05) is 6.04 Å². The number of nitrogens with one attached hydrogen (secondary N) is 1. The van der Waals surface area contributed by atoms with Crippen LogP contribution in [0.3, 0.4) is 0 Å². The van der Waals surface area contributed by atoms with E-state index >= 15 is 0 Å². The molecular formula is C16H25NO5. The largest absolute Gasteiger partial charge is 0.493 e. The average Bonchev–Trinajstić information content (AvgIpc) is 2.52. The van der Waals surface area contributed by atoms with E-state index in [0.29, 0.717) is 25.0 Å². The molecule has 0 aromatic heterocycles. The summed E-state index contributed by atoms with van der Waals surface area (Å²) in [6, 6.07) is 0.144. The standard InChI is InChI=1S/C16H25NO5/c1-10-5-4-6-13(11(10)2)17-15(18)12(3)22-16(19)14-9-20-7-8-21-14/h9-13H,4-8H2,1-3H3,(H,17,18)/t10-,11+,12+,13-/m1/s1. The van der Waals surface area contributed by atoms with Crippen molar-refractivity contribution in [1.82, 2.24) is 5.32 Å². The van der Waals surface area contributed by atoms with Gasteiger partial charge in [-0.25, -0.2) is 4.79 Å². The number of rotatable bonds is 4. The van der Waals surface area contributed by atoms with Gasteiger partial charge in [0.2, 0.25) is 5.76 Å². The molecule has 0 saturated heterocycles. The first-order valence-electron chi connectivity index (χ1n) is 7.95. The third-order valence-corrected chi connectivity index (χ3v) is 4.54. The lowest BCUT2D eigenvalue weighted by Crippen LogP contribution is -2.47. The quantitative estimate of drug-likeness (QED) is 0.801. The summed E-state index contributed by atoms with van der Waals surface area (Å²) >= 11 is 0. The fraction of sp³-hybridized carbons (Fsp3) is 0.750. The number of ether oxygens (including phenoxy) is 3. The van der Waals surface area contributed by atoms with E-state index in [2.05, 4.69) is 19.2 Å². The molecule has 0 bridgehead atoms. The maximum Gasteiger partial charge on any atom is 0.377 e. The SMILES string of the molecule is C[C@H]1[C@H](C)CCC[C@H]1NC(=O)[C@H](C)OC(=O)C1=COCCO1. The van der Waals surface area contributed by atoms with Gasteiger partial charge in [-0.2, -0.15) is 0 Å². The van der Waals surface area contributed by atoms with Gasteiger partial charge in [0.15, 0.2) is 6.10 Å². The predicted molar refractivity (Wildman–Crippen MR) is 79.7 cm³/mol. The molecule has 1 N–H and O–H groups in total. The minimum atomic E-state index is -0.858. The summed E-state index contributed by atoms with van der Waals surface area (Å²) in [7, 11) is 0.